The lowest BCUT2D eigenvalue weighted by Crippen LogP contribution is -2.31. The van der Waals surface area contributed by atoms with E-state index < -0.39 is 23.5 Å². The summed E-state index contributed by atoms with van der Waals surface area (Å²) in [7, 11) is 1.54. The summed E-state index contributed by atoms with van der Waals surface area (Å²) in [4.78, 5) is 33.7. The number of unbranched alkanes of at least 4 members (excludes halogenated alkanes) is 2. The van der Waals surface area contributed by atoms with Crippen molar-refractivity contribution in [3.05, 3.63) is 86.6 Å². The fourth-order valence-corrected chi connectivity index (χ4v) is 7.50. The van der Waals surface area contributed by atoms with E-state index in [-0.39, 0.29) is 10.7 Å². The molecule has 224 valence electrons. The number of anilines is 1. The first-order valence-electron chi connectivity index (χ1n) is 13.9. The second-order valence-corrected chi connectivity index (χ2v) is 13.3. The molecule has 2 aromatic heterocycles. The molecule has 0 spiro atoms. The third-order valence-corrected chi connectivity index (χ3v) is 10.1. The minimum atomic E-state index is -0.968. The van der Waals surface area contributed by atoms with Crippen molar-refractivity contribution in [3.8, 4) is 11.5 Å². The molecule has 1 aliphatic rings. The molecule has 0 radical (unpaired) electrons. The smallest absolute Gasteiger partial charge is 0.296 e. The number of amides is 1. The molecule has 1 unspecified atom stereocenters. The number of hydrogen-bond donors (Lipinski definition) is 1. The molecule has 4 aromatic rings. The van der Waals surface area contributed by atoms with Crippen LogP contribution in [0.3, 0.4) is 0 Å². The number of thiazole rings is 1. The molecule has 3 heterocycles. The molecule has 5 rings (SSSR count). The quantitative estimate of drug-likeness (QED) is 0.0700. The van der Waals surface area contributed by atoms with Crippen molar-refractivity contribution in [1.29, 1.82) is 0 Å². The maximum absolute atomic E-state index is 14.0. The van der Waals surface area contributed by atoms with Gasteiger partial charge >= 0.3 is 0 Å². The SMILES string of the molecule is CCCCCOc1ccc(C2C(C(=O)c3sc(C)nc3C)=C(O)C(=O)N2c2nnc(SCc3ccccc3)s2)cc1OC. The maximum Gasteiger partial charge on any atom is 0.296 e. The van der Waals surface area contributed by atoms with Gasteiger partial charge in [0, 0.05) is 5.75 Å². The molecule has 0 bridgehead atoms. The molecular formula is C31H32N4O5S3. The van der Waals surface area contributed by atoms with Crippen LogP contribution in [0.1, 0.15) is 63.7 Å². The lowest BCUT2D eigenvalue weighted by atomic mass is 9.95. The van der Waals surface area contributed by atoms with E-state index in [1.807, 2.05) is 37.3 Å². The summed E-state index contributed by atoms with van der Waals surface area (Å²) < 4.78 is 12.3. The number of rotatable bonds is 13. The third kappa shape index (κ3) is 6.61. The number of aliphatic hydroxyl groups is 1. The van der Waals surface area contributed by atoms with Crippen molar-refractivity contribution < 1.29 is 24.2 Å². The predicted molar refractivity (Wildman–Crippen MR) is 170 cm³/mol. The van der Waals surface area contributed by atoms with Crippen molar-refractivity contribution in [2.75, 3.05) is 18.6 Å². The lowest BCUT2D eigenvalue weighted by molar-refractivity contribution is -0.117. The highest BCUT2D eigenvalue weighted by molar-refractivity contribution is 8.00. The fraction of sp³-hybridized carbons (Fsp3) is 0.323. The average Bonchev–Trinajstić information content (AvgIpc) is 3.69. The molecule has 12 heteroatoms. The van der Waals surface area contributed by atoms with E-state index in [2.05, 4.69) is 22.1 Å². The van der Waals surface area contributed by atoms with E-state index >= 15 is 0 Å². The van der Waals surface area contributed by atoms with Crippen LogP contribution in [0.25, 0.3) is 0 Å². The zero-order chi connectivity index (χ0) is 30.5. The van der Waals surface area contributed by atoms with E-state index in [4.69, 9.17) is 9.47 Å². The number of carbonyl (C=O) groups is 2. The van der Waals surface area contributed by atoms with Gasteiger partial charge in [-0.05, 0) is 43.5 Å². The molecular weight excluding hydrogens is 605 g/mol. The molecule has 0 fully saturated rings. The highest BCUT2D eigenvalue weighted by atomic mass is 32.2. The molecule has 2 aromatic carbocycles. The number of aliphatic hydroxyl groups excluding tert-OH is 1. The Hall–Kier alpha value is -3.74. The van der Waals surface area contributed by atoms with Crippen LogP contribution in [0.4, 0.5) is 5.13 Å². The fourth-order valence-electron chi connectivity index (χ4n) is 4.80. The van der Waals surface area contributed by atoms with Gasteiger partial charge in [0.1, 0.15) is 0 Å². The topological polar surface area (TPSA) is 115 Å². The summed E-state index contributed by atoms with van der Waals surface area (Å²) in [5.74, 6) is -0.0936. The minimum absolute atomic E-state index is 0.0379. The Labute approximate surface area is 262 Å². The van der Waals surface area contributed by atoms with Crippen LogP contribution in [-0.2, 0) is 10.5 Å². The zero-order valence-electron chi connectivity index (χ0n) is 24.3. The monoisotopic (exact) mass is 636 g/mol. The largest absolute Gasteiger partial charge is 0.503 e. The average molecular weight is 637 g/mol. The number of thioether (sulfide) groups is 1. The number of benzene rings is 2. The first kappa shape index (κ1) is 30.7. The van der Waals surface area contributed by atoms with Gasteiger partial charge in [-0.15, -0.1) is 21.5 Å². The van der Waals surface area contributed by atoms with Crippen LogP contribution in [-0.4, -0.2) is 45.7 Å². The van der Waals surface area contributed by atoms with Crippen molar-refractivity contribution >= 4 is 51.3 Å². The standard InChI is InChI=1S/C31H32N4O5S3/c1-5-6-10-15-40-22-14-13-21(16-23(22)39-4)25-24(26(36)28-18(2)32-19(3)42-28)27(37)29(38)35(25)30-33-34-31(43-30)41-17-20-11-8-7-9-12-20/h7-9,11-14,16,25,37H,5-6,10,15,17H2,1-4H3. The second-order valence-electron chi connectivity index (χ2n) is 9.91. The van der Waals surface area contributed by atoms with Gasteiger partial charge in [0.15, 0.2) is 21.6 Å². The molecule has 1 amide bonds. The maximum atomic E-state index is 14.0. The number of hydrogen-bond acceptors (Lipinski definition) is 11. The van der Waals surface area contributed by atoms with Gasteiger partial charge in [-0.2, -0.15) is 0 Å². The Balaban J connectivity index is 1.52. The minimum Gasteiger partial charge on any atom is -0.503 e. The van der Waals surface area contributed by atoms with E-state index in [9.17, 15) is 14.7 Å². The summed E-state index contributed by atoms with van der Waals surface area (Å²) >= 11 is 3.96. The number of carbonyl (C=O) groups excluding carboxylic acids is 2. The van der Waals surface area contributed by atoms with Crippen LogP contribution in [0.15, 0.2) is 64.2 Å². The number of methoxy groups -OCH3 is 1. The molecule has 43 heavy (non-hydrogen) atoms. The van der Waals surface area contributed by atoms with Crippen molar-refractivity contribution in [1.82, 2.24) is 15.2 Å². The number of ether oxygens (including phenoxy) is 2. The van der Waals surface area contributed by atoms with Gasteiger partial charge < -0.3 is 14.6 Å². The van der Waals surface area contributed by atoms with Gasteiger partial charge in [0.05, 0.1) is 40.9 Å². The third-order valence-electron chi connectivity index (χ3n) is 6.88. The molecule has 1 aliphatic heterocycles. The molecule has 0 saturated heterocycles. The first-order chi connectivity index (χ1) is 20.8. The van der Waals surface area contributed by atoms with Gasteiger partial charge in [-0.25, -0.2) is 4.98 Å². The van der Waals surface area contributed by atoms with Crippen LogP contribution in [0, 0.1) is 13.8 Å². The molecule has 0 saturated carbocycles. The number of ketones is 1. The number of nitrogens with zero attached hydrogens (tertiary/aromatic N) is 4. The highest BCUT2D eigenvalue weighted by Gasteiger charge is 2.47. The van der Waals surface area contributed by atoms with Crippen LogP contribution < -0.4 is 14.4 Å². The van der Waals surface area contributed by atoms with Crippen LogP contribution >= 0.6 is 34.4 Å². The predicted octanol–water partition coefficient (Wildman–Crippen LogP) is 7.26. The number of aryl methyl sites for hydroxylation is 2. The van der Waals surface area contributed by atoms with Gasteiger partial charge in [0.25, 0.3) is 5.91 Å². The summed E-state index contributed by atoms with van der Waals surface area (Å²) in [6, 6.07) is 14.3. The van der Waals surface area contributed by atoms with Crippen molar-refractivity contribution in [2.24, 2.45) is 0 Å². The molecule has 0 aliphatic carbocycles. The Kier molecular flexibility index (Phi) is 9.79. The molecule has 9 nitrogen and oxygen atoms in total. The highest BCUT2D eigenvalue weighted by Crippen LogP contribution is 2.46. The Morgan fingerprint density at radius 1 is 1.07 bits per heavy atom. The van der Waals surface area contributed by atoms with Gasteiger partial charge in [-0.1, -0.05) is 79.3 Å². The van der Waals surface area contributed by atoms with E-state index in [0.29, 0.717) is 49.3 Å². The van der Waals surface area contributed by atoms with Gasteiger partial charge in [0.2, 0.25) is 10.9 Å². The van der Waals surface area contributed by atoms with Crippen molar-refractivity contribution in [3.63, 3.8) is 0 Å². The summed E-state index contributed by atoms with van der Waals surface area (Å²) in [5.41, 5.74) is 2.20. The van der Waals surface area contributed by atoms with Crippen LogP contribution in [0.5, 0.6) is 11.5 Å². The summed E-state index contributed by atoms with van der Waals surface area (Å²) in [5, 5.41) is 20.8. The number of aromatic nitrogens is 3. The Bertz CT molecular complexity index is 1650. The zero-order valence-corrected chi connectivity index (χ0v) is 26.8. The first-order valence-corrected chi connectivity index (χ1v) is 16.5. The number of Topliss-reactive ketones (excluding diaryl/α,β-unsaturated/α-hetero) is 1. The summed E-state index contributed by atoms with van der Waals surface area (Å²) in [6.07, 6.45) is 3.05. The van der Waals surface area contributed by atoms with Crippen LogP contribution in [0.2, 0.25) is 0 Å². The Morgan fingerprint density at radius 2 is 1.86 bits per heavy atom. The normalized spacial score (nSPS) is 14.9. The van der Waals surface area contributed by atoms with Gasteiger partial charge in [-0.3, -0.25) is 14.5 Å². The second kappa shape index (κ2) is 13.7. The molecule has 1 atom stereocenters. The Morgan fingerprint density at radius 3 is 2.56 bits per heavy atom. The van der Waals surface area contributed by atoms with E-state index in [1.165, 1.54) is 39.3 Å². The van der Waals surface area contributed by atoms with E-state index in [0.717, 1.165) is 24.8 Å². The lowest BCUT2D eigenvalue weighted by Gasteiger charge is -2.25. The van der Waals surface area contributed by atoms with E-state index in [1.54, 1.807) is 32.2 Å². The molecule has 1 N–H and O–H groups in total. The summed E-state index contributed by atoms with van der Waals surface area (Å²) in [6.45, 7) is 6.23. The van der Waals surface area contributed by atoms with Crippen molar-refractivity contribution in [2.45, 2.75) is 56.2 Å².